The van der Waals surface area contributed by atoms with Crippen LogP contribution in [0.1, 0.15) is 25.7 Å². The molecule has 0 radical (unpaired) electrons. The Kier molecular flexibility index (Phi) is 3.03. The minimum Gasteiger partial charge on any atom is -0.368 e. The standard InChI is InChI=1S/C11H17N5OS/c12-9(17)11(7-1-2-7,15-8-3-4-8)5-18-10-13-6-14-16-10/h6-8,15H,1-5H2,(H2,12,17)(H,13,14,16). The van der Waals surface area contributed by atoms with Crippen molar-refractivity contribution in [3.63, 3.8) is 0 Å². The molecule has 0 spiro atoms. The van der Waals surface area contributed by atoms with Crippen molar-refractivity contribution in [3.05, 3.63) is 6.33 Å². The van der Waals surface area contributed by atoms with Crippen molar-refractivity contribution in [2.24, 2.45) is 11.7 Å². The van der Waals surface area contributed by atoms with Crippen LogP contribution in [0.15, 0.2) is 11.5 Å². The van der Waals surface area contributed by atoms with Gasteiger partial charge in [-0.05, 0) is 31.6 Å². The van der Waals surface area contributed by atoms with Crippen LogP contribution in [0.5, 0.6) is 0 Å². The van der Waals surface area contributed by atoms with Gasteiger partial charge in [0.25, 0.3) is 0 Å². The lowest BCUT2D eigenvalue weighted by Crippen LogP contribution is -2.60. The fraction of sp³-hybridized carbons (Fsp3) is 0.727. The number of primary amides is 1. The Hall–Kier alpha value is -1.08. The lowest BCUT2D eigenvalue weighted by molar-refractivity contribution is -0.124. The van der Waals surface area contributed by atoms with Crippen LogP contribution in [0.3, 0.4) is 0 Å². The van der Waals surface area contributed by atoms with Crippen LogP contribution in [-0.2, 0) is 4.79 Å². The van der Waals surface area contributed by atoms with E-state index >= 15 is 0 Å². The maximum Gasteiger partial charge on any atom is 0.238 e. The predicted octanol–water partition coefficient (Wildman–Crippen LogP) is 0.283. The summed E-state index contributed by atoms with van der Waals surface area (Å²) in [4.78, 5) is 16.0. The zero-order valence-electron chi connectivity index (χ0n) is 10.1. The molecular weight excluding hydrogens is 250 g/mol. The van der Waals surface area contributed by atoms with Crippen LogP contribution in [0, 0.1) is 5.92 Å². The zero-order valence-corrected chi connectivity index (χ0v) is 10.9. The number of aromatic amines is 1. The topological polar surface area (TPSA) is 96.7 Å². The molecule has 1 atom stereocenters. The van der Waals surface area contributed by atoms with Gasteiger partial charge in [-0.1, -0.05) is 11.8 Å². The molecule has 0 bridgehead atoms. The number of carbonyl (C=O) groups is 1. The number of nitrogens with two attached hydrogens (primary N) is 1. The number of H-pyrrole nitrogens is 1. The number of nitrogens with one attached hydrogen (secondary N) is 2. The van der Waals surface area contributed by atoms with Crippen LogP contribution < -0.4 is 11.1 Å². The number of hydrogen-bond acceptors (Lipinski definition) is 5. The summed E-state index contributed by atoms with van der Waals surface area (Å²) >= 11 is 1.51. The molecule has 0 aromatic carbocycles. The lowest BCUT2D eigenvalue weighted by Gasteiger charge is -2.31. The summed E-state index contributed by atoms with van der Waals surface area (Å²) in [6.07, 6.45) is 5.93. The number of aromatic nitrogens is 3. The molecule has 4 N–H and O–H groups in total. The molecule has 1 amide bonds. The number of hydrogen-bond donors (Lipinski definition) is 3. The van der Waals surface area contributed by atoms with E-state index in [1.165, 1.54) is 18.1 Å². The van der Waals surface area contributed by atoms with Crippen LogP contribution in [0.2, 0.25) is 0 Å². The molecule has 2 aliphatic rings. The largest absolute Gasteiger partial charge is 0.368 e. The second kappa shape index (κ2) is 4.55. The SMILES string of the molecule is NC(=O)C(CSc1ncn[nH]1)(NC1CC1)C1CC1. The fourth-order valence-electron chi connectivity index (χ4n) is 2.23. The van der Waals surface area contributed by atoms with Crippen molar-refractivity contribution in [1.29, 1.82) is 0 Å². The Labute approximate surface area is 109 Å². The van der Waals surface area contributed by atoms with Crippen molar-refractivity contribution >= 4 is 17.7 Å². The first kappa shape index (κ1) is 12.0. The van der Waals surface area contributed by atoms with Gasteiger partial charge < -0.3 is 5.73 Å². The van der Waals surface area contributed by atoms with Gasteiger partial charge in [0, 0.05) is 11.8 Å². The molecule has 1 aromatic rings. The van der Waals surface area contributed by atoms with Crippen LogP contribution in [0.25, 0.3) is 0 Å². The van der Waals surface area contributed by atoms with Crippen molar-refractivity contribution in [2.75, 3.05) is 5.75 Å². The predicted molar refractivity (Wildman–Crippen MR) is 67.9 cm³/mol. The maximum absolute atomic E-state index is 11.9. The normalized spacial score (nSPS) is 22.7. The van der Waals surface area contributed by atoms with Gasteiger partial charge >= 0.3 is 0 Å². The Morgan fingerprint density at radius 2 is 2.33 bits per heavy atom. The zero-order chi connectivity index (χ0) is 12.6. The smallest absolute Gasteiger partial charge is 0.238 e. The fourth-order valence-corrected chi connectivity index (χ4v) is 3.30. The van der Waals surface area contributed by atoms with E-state index in [9.17, 15) is 4.79 Å². The maximum atomic E-state index is 11.9. The molecule has 1 unspecified atom stereocenters. The van der Waals surface area contributed by atoms with Gasteiger partial charge in [0.2, 0.25) is 5.91 Å². The summed E-state index contributed by atoms with van der Waals surface area (Å²) in [6, 6.07) is 0.466. The third-order valence-electron chi connectivity index (χ3n) is 3.58. The van der Waals surface area contributed by atoms with Crippen LogP contribution in [0.4, 0.5) is 0 Å². The van der Waals surface area contributed by atoms with Crippen molar-refractivity contribution < 1.29 is 4.79 Å². The van der Waals surface area contributed by atoms with Gasteiger partial charge in [0.15, 0.2) is 5.16 Å². The molecule has 3 rings (SSSR count). The molecule has 0 aliphatic heterocycles. The molecule has 0 saturated heterocycles. The molecule has 18 heavy (non-hydrogen) atoms. The van der Waals surface area contributed by atoms with Crippen LogP contribution in [-0.4, -0.2) is 38.4 Å². The van der Waals surface area contributed by atoms with E-state index in [0.717, 1.165) is 30.8 Å². The highest BCUT2D eigenvalue weighted by atomic mass is 32.2. The minimum absolute atomic E-state index is 0.232. The highest BCUT2D eigenvalue weighted by Gasteiger charge is 2.51. The van der Waals surface area contributed by atoms with Crippen molar-refractivity contribution in [2.45, 2.75) is 42.4 Å². The Bertz CT molecular complexity index is 429. The molecule has 6 nitrogen and oxygen atoms in total. The van der Waals surface area contributed by atoms with E-state index in [4.69, 9.17) is 5.73 Å². The van der Waals surface area contributed by atoms with Crippen molar-refractivity contribution in [3.8, 4) is 0 Å². The number of carbonyl (C=O) groups excluding carboxylic acids is 1. The van der Waals surface area contributed by atoms with Crippen LogP contribution >= 0.6 is 11.8 Å². The highest BCUT2D eigenvalue weighted by Crippen LogP contribution is 2.43. The molecule has 1 aromatic heterocycles. The van der Waals surface area contributed by atoms with E-state index in [2.05, 4.69) is 20.5 Å². The van der Waals surface area contributed by atoms with Crippen molar-refractivity contribution in [1.82, 2.24) is 20.5 Å². The molecule has 1 heterocycles. The molecule has 98 valence electrons. The summed E-state index contributed by atoms with van der Waals surface area (Å²) < 4.78 is 0. The number of nitrogens with zero attached hydrogens (tertiary/aromatic N) is 2. The van der Waals surface area contributed by atoms with E-state index in [-0.39, 0.29) is 5.91 Å². The van der Waals surface area contributed by atoms with Gasteiger partial charge in [-0.25, -0.2) is 4.98 Å². The molecule has 2 fully saturated rings. The van der Waals surface area contributed by atoms with Gasteiger partial charge in [0.05, 0.1) is 0 Å². The third kappa shape index (κ3) is 2.37. The first-order chi connectivity index (χ1) is 8.71. The summed E-state index contributed by atoms with van der Waals surface area (Å²) in [5.41, 5.74) is 5.10. The summed E-state index contributed by atoms with van der Waals surface area (Å²) in [5.74, 6) is 0.772. The van der Waals surface area contributed by atoms with Gasteiger partial charge in [-0.15, -0.1) is 0 Å². The second-order valence-electron chi connectivity index (χ2n) is 5.11. The highest BCUT2D eigenvalue weighted by molar-refractivity contribution is 7.99. The monoisotopic (exact) mass is 267 g/mol. The van der Waals surface area contributed by atoms with E-state index in [1.807, 2.05) is 0 Å². The van der Waals surface area contributed by atoms with E-state index in [1.54, 1.807) is 0 Å². The van der Waals surface area contributed by atoms with E-state index < -0.39 is 5.54 Å². The lowest BCUT2D eigenvalue weighted by atomic mass is 9.94. The van der Waals surface area contributed by atoms with E-state index in [0.29, 0.717) is 17.7 Å². The Balaban J connectivity index is 1.72. The summed E-state index contributed by atoms with van der Waals surface area (Å²) in [6.45, 7) is 0. The average Bonchev–Trinajstić information content (AvgIpc) is 3.25. The Morgan fingerprint density at radius 3 is 2.83 bits per heavy atom. The molecule has 2 aliphatic carbocycles. The molecular formula is C11H17N5OS. The molecule has 7 heteroatoms. The minimum atomic E-state index is -0.571. The number of amides is 1. The molecule has 2 saturated carbocycles. The quantitative estimate of drug-likeness (QED) is 0.617. The summed E-state index contributed by atoms with van der Waals surface area (Å²) in [5, 5.41) is 10.8. The van der Waals surface area contributed by atoms with Gasteiger partial charge in [0.1, 0.15) is 11.9 Å². The first-order valence-corrected chi connectivity index (χ1v) is 7.25. The third-order valence-corrected chi connectivity index (χ3v) is 4.65. The number of rotatable bonds is 7. The first-order valence-electron chi connectivity index (χ1n) is 6.26. The number of thioether (sulfide) groups is 1. The van der Waals surface area contributed by atoms with Gasteiger partial charge in [-0.2, -0.15) is 5.10 Å². The Morgan fingerprint density at radius 1 is 1.56 bits per heavy atom. The average molecular weight is 267 g/mol. The summed E-state index contributed by atoms with van der Waals surface area (Å²) in [7, 11) is 0. The van der Waals surface area contributed by atoms with Gasteiger partial charge in [-0.3, -0.25) is 15.2 Å². The second-order valence-corrected chi connectivity index (χ2v) is 6.07.